The molecular formula is C13H19N3O6. The molecule has 0 spiro atoms. The molecule has 2 N–H and O–H groups in total. The Bertz CT molecular complexity index is 496. The molecule has 2 heterocycles. The van der Waals surface area contributed by atoms with E-state index in [0.717, 1.165) is 0 Å². The first-order valence-corrected chi connectivity index (χ1v) is 6.96. The van der Waals surface area contributed by atoms with E-state index >= 15 is 0 Å². The lowest BCUT2D eigenvalue weighted by molar-refractivity contribution is -0.191. The number of imide groups is 1. The highest BCUT2D eigenvalue weighted by atomic mass is 16.7. The summed E-state index contributed by atoms with van der Waals surface area (Å²) in [6, 6.07) is -1.34. The molecule has 0 radical (unpaired) electrons. The Balaban J connectivity index is 1.82. The first kappa shape index (κ1) is 16.2. The summed E-state index contributed by atoms with van der Waals surface area (Å²) in [7, 11) is 0. The fraction of sp³-hybridized carbons (Fsp3) is 0.692. The molecule has 9 nitrogen and oxygen atoms in total. The van der Waals surface area contributed by atoms with Gasteiger partial charge in [0.15, 0.2) is 0 Å². The van der Waals surface area contributed by atoms with Crippen LogP contribution in [0.25, 0.3) is 0 Å². The molecule has 4 amide bonds. The second kappa shape index (κ2) is 5.91. The van der Waals surface area contributed by atoms with Crippen molar-refractivity contribution in [2.75, 3.05) is 6.61 Å². The van der Waals surface area contributed by atoms with Gasteiger partial charge in [-0.3, -0.25) is 19.2 Å². The normalized spacial score (nSPS) is 24.9. The lowest BCUT2D eigenvalue weighted by Gasteiger charge is -2.37. The van der Waals surface area contributed by atoms with Gasteiger partial charge in [0, 0.05) is 12.8 Å². The molecule has 0 aromatic carbocycles. The van der Waals surface area contributed by atoms with Crippen molar-refractivity contribution in [2.24, 2.45) is 0 Å². The fourth-order valence-corrected chi connectivity index (χ4v) is 2.04. The van der Waals surface area contributed by atoms with Crippen molar-refractivity contribution in [1.82, 2.24) is 15.7 Å². The largest absolute Gasteiger partial charge is 0.444 e. The first-order valence-electron chi connectivity index (χ1n) is 6.96. The molecule has 0 aromatic heterocycles. The Hall–Kier alpha value is -2.16. The van der Waals surface area contributed by atoms with E-state index in [0.29, 0.717) is 5.06 Å². The quantitative estimate of drug-likeness (QED) is 0.532. The fourth-order valence-electron chi connectivity index (χ4n) is 2.04. The minimum Gasteiger partial charge on any atom is -0.444 e. The van der Waals surface area contributed by atoms with Crippen LogP contribution in [0.1, 0.15) is 33.6 Å². The van der Waals surface area contributed by atoms with E-state index in [1.54, 1.807) is 20.8 Å². The number of β-lactam (4-membered cyclic amide) rings is 1. The molecule has 0 aromatic rings. The molecule has 2 saturated heterocycles. The number of hydrogen-bond acceptors (Lipinski definition) is 6. The Morgan fingerprint density at radius 2 is 1.86 bits per heavy atom. The number of nitrogens with zero attached hydrogens (tertiary/aromatic N) is 1. The summed E-state index contributed by atoms with van der Waals surface area (Å²) in [5, 5.41) is 5.66. The van der Waals surface area contributed by atoms with Gasteiger partial charge < -0.3 is 15.4 Å². The van der Waals surface area contributed by atoms with E-state index in [2.05, 4.69) is 10.6 Å². The number of carbonyl (C=O) groups excluding carboxylic acids is 4. The number of alkyl carbamates (subject to hydrolysis) is 1. The third-order valence-corrected chi connectivity index (χ3v) is 3.07. The first-order chi connectivity index (χ1) is 10.2. The van der Waals surface area contributed by atoms with Crippen LogP contribution in [0.3, 0.4) is 0 Å². The highest BCUT2D eigenvalue weighted by molar-refractivity contribution is 6.00. The monoisotopic (exact) mass is 313 g/mol. The number of nitrogens with one attached hydrogen (secondary N) is 2. The van der Waals surface area contributed by atoms with Gasteiger partial charge in [-0.05, 0) is 20.8 Å². The minimum atomic E-state index is -0.817. The number of hydrogen-bond donors (Lipinski definition) is 2. The zero-order valence-electron chi connectivity index (χ0n) is 12.7. The van der Waals surface area contributed by atoms with Gasteiger partial charge in [0.2, 0.25) is 5.91 Å². The van der Waals surface area contributed by atoms with Crippen molar-refractivity contribution in [2.45, 2.75) is 51.3 Å². The highest BCUT2D eigenvalue weighted by Gasteiger charge is 2.42. The van der Waals surface area contributed by atoms with E-state index in [1.807, 2.05) is 0 Å². The minimum absolute atomic E-state index is 0.0936. The van der Waals surface area contributed by atoms with Crippen LogP contribution in [0.5, 0.6) is 0 Å². The summed E-state index contributed by atoms with van der Waals surface area (Å²) in [5.41, 5.74) is -0.676. The molecule has 22 heavy (non-hydrogen) atoms. The molecule has 2 atom stereocenters. The number of ether oxygens (including phenoxy) is 1. The SMILES string of the molecule is CC(C)(C)OC(=O)N[C@H]1C(=O)N[C@H]1CON1C(=O)CCC1=O. The summed E-state index contributed by atoms with van der Waals surface area (Å²) in [6.45, 7) is 5.03. The summed E-state index contributed by atoms with van der Waals surface area (Å²) in [4.78, 5) is 51.0. The van der Waals surface area contributed by atoms with Gasteiger partial charge in [-0.2, -0.15) is 5.06 Å². The van der Waals surface area contributed by atoms with E-state index in [1.165, 1.54) is 0 Å². The zero-order valence-corrected chi connectivity index (χ0v) is 12.7. The maximum absolute atomic E-state index is 11.6. The number of carbonyl (C=O) groups is 4. The Morgan fingerprint density at radius 1 is 1.27 bits per heavy atom. The molecule has 2 fully saturated rings. The second-order valence-electron chi connectivity index (χ2n) is 6.12. The summed E-state index contributed by atoms with van der Waals surface area (Å²) < 4.78 is 5.06. The van der Waals surface area contributed by atoms with E-state index in [4.69, 9.17) is 9.57 Å². The standard InChI is InChI=1S/C13H19N3O6/c1-13(2,3)22-12(20)15-10-7(14-11(10)19)6-21-16-8(17)4-5-9(16)18/h7,10H,4-6H2,1-3H3,(H,14,19)(H,15,20)/t7-,10+/m0/s1. The lowest BCUT2D eigenvalue weighted by atomic mass is 10.0. The summed E-state index contributed by atoms with van der Waals surface area (Å²) in [5.74, 6) is -1.20. The average Bonchev–Trinajstić information content (AvgIpc) is 2.70. The number of rotatable bonds is 4. The molecule has 0 saturated carbocycles. The van der Waals surface area contributed by atoms with Gasteiger partial charge in [0.05, 0.1) is 12.6 Å². The van der Waals surface area contributed by atoms with Gasteiger partial charge in [-0.1, -0.05) is 0 Å². The Kier molecular flexibility index (Phi) is 4.36. The van der Waals surface area contributed by atoms with Crippen molar-refractivity contribution < 1.29 is 28.8 Å². The molecule has 9 heteroatoms. The molecular weight excluding hydrogens is 294 g/mol. The van der Waals surface area contributed by atoms with Crippen LogP contribution < -0.4 is 10.6 Å². The van der Waals surface area contributed by atoms with Crippen LogP contribution in [0.4, 0.5) is 4.79 Å². The van der Waals surface area contributed by atoms with E-state index < -0.39 is 35.6 Å². The zero-order chi connectivity index (χ0) is 16.5. The maximum Gasteiger partial charge on any atom is 0.408 e. The van der Waals surface area contributed by atoms with Crippen molar-refractivity contribution in [3.05, 3.63) is 0 Å². The second-order valence-corrected chi connectivity index (χ2v) is 6.12. The van der Waals surface area contributed by atoms with Crippen LogP contribution in [-0.4, -0.2) is 53.2 Å². The van der Waals surface area contributed by atoms with E-state index in [9.17, 15) is 19.2 Å². The molecule has 2 aliphatic heterocycles. The maximum atomic E-state index is 11.6. The van der Waals surface area contributed by atoms with Crippen molar-refractivity contribution >= 4 is 23.8 Å². The predicted molar refractivity (Wildman–Crippen MR) is 72.1 cm³/mol. The molecule has 122 valence electrons. The van der Waals surface area contributed by atoms with Crippen LogP contribution in [-0.2, 0) is 24.0 Å². The molecule has 2 rings (SSSR count). The number of amides is 4. The highest BCUT2D eigenvalue weighted by Crippen LogP contribution is 2.15. The summed E-state index contributed by atoms with van der Waals surface area (Å²) >= 11 is 0. The van der Waals surface area contributed by atoms with Crippen molar-refractivity contribution in [3.8, 4) is 0 Å². The van der Waals surface area contributed by atoms with Gasteiger partial charge >= 0.3 is 6.09 Å². The third kappa shape index (κ3) is 3.73. The predicted octanol–water partition coefficient (Wildman–Crippen LogP) is -0.541. The van der Waals surface area contributed by atoms with E-state index in [-0.39, 0.29) is 25.4 Å². The van der Waals surface area contributed by atoms with Crippen molar-refractivity contribution in [1.29, 1.82) is 0 Å². The summed E-state index contributed by atoms with van der Waals surface area (Å²) in [6.07, 6.45) is -0.476. The average molecular weight is 313 g/mol. The molecule has 0 aliphatic carbocycles. The molecule has 0 bridgehead atoms. The lowest BCUT2D eigenvalue weighted by Crippen LogP contribution is -2.71. The number of hydroxylamine groups is 2. The molecule has 2 aliphatic rings. The van der Waals surface area contributed by atoms with Crippen molar-refractivity contribution in [3.63, 3.8) is 0 Å². The topological polar surface area (TPSA) is 114 Å². The van der Waals surface area contributed by atoms with Crippen LogP contribution in [0, 0.1) is 0 Å². The van der Waals surface area contributed by atoms with Crippen LogP contribution in [0.15, 0.2) is 0 Å². The third-order valence-electron chi connectivity index (χ3n) is 3.07. The van der Waals surface area contributed by atoms with Gasteiger partial charge in [-0.15, -0.1) is 0 Å². The van der Waals surface area contributed by atoms with Gasteiger partial charge in [-0.25, -0.2) is 4.79 Å². The Labute approximate surface area is 127 Å². The van der Waals surface area contributed by atoms with Gasteiger partial charge in [0.25, 0.3) is 11.8 Å². The van der Waals surface area contributed by atoms with Crippen LogP contribution >= 0.6 is 0 Å². The Morgan fingerprint density at radius 3 is 2.36 bits per heavy atom. The van der Waals surface area contributed by atoms with Crippen LogP contribution in [0.2, 0.25) is 0 Å². The molecule has 0 unspecified atom stereocenters. The smallest absolute Gasteiger partial charge is 0.408 e. The van der Waals surface area contributed by atoms with Gasteiger partial charge in [0.1, 0.15) is 11.6 Å².